The van der Waals surface area contributed by atoms with Crippen LogP contribution in [0.2, 0.25) is 0 Å². The molecule has 10 atom stereocenters. The molecule has 180 valence electrons. The van der Waals surface area contributed by atoms with Crippen molar-refractivity contribution >= 4 is 0 Å². The molecule has 3 saturated carbocycles. The molecule has 6 rings (SSSR count). The van der Waals surface area contributed by atoms with E-state index in [1.165, 1.54) is 25.7 Å². The number of rotatable bonds is 4. The van der Waals surface area contributed by atoms with Crippen LogP contribution in [0.1, 0.15) is 93.4 Å². The van der Waals surface area contributed by atoms with Gasteiger partial charge in [0.2, 0.25) is 0 Å². The minimum absolute atomic E-state index is 0.0629. The molecule has 1 N–H and O–H groups in total. The highest BCUT2D eigenvalue weighted by atomic mass is 17.2. The number of allylic oxidation sites excluding steroid dienone is 2. The average Bonchev–Trinajstić information content (AvgIpc) is 3.11. The second kappa shape index (κ2) is 7.43. The van der Waals surface area contributed by atoms with Gasteiger partial charge in [-0.1, -0.05) is 59.3 Å². The lowest BCUT2D eigenvalue weighted by Crippen LogP contribution is -2.73. The molecule has 4 aliphatic carbocycles. The van der Waals surface area contributed by atoms with Crippen LogP contribution in [0.15, 0.2) is 23.8 Å². The highest BCUT2D eigenvalue weighted by Crippen LogP contribution is 2.72. The van der Waals surface area contributed by atoms with E-state index in [-0.39, 0.29) is 22.5 Å². The number of aliphatic hydroxyl groups excluding tert-OH is 1. The molecule has 0 amide bonds. The maximum atomic E-state index is 10.4. The molecule has 0 aromatic heterocycles. The van der Waals surface area contributed by atoms with Crippen LogP contribution in [-0.2, 0) is 9.78 Å². The summed E-state index contributed by atoms with van der Waals surface area (Å²) in [4.78, 5) is 12.8. The Morgan fingerprint density at radius 3 is 2.38 bits per heavy atom. The zero-order valence-corrected chi connectivity index (χ0v) is 21.5. The number of hydrogen-bond donors (Lipinski definition) is 1. The Kier molecular flexibility index (Phi) is 5.37. The maximum absolute atomic E-state index is 10.4. The molecule has 2 spiro atoms. The molecule has 1 saturated heterocycles. The van der Waals surface area contributed by atoms with E-state index < -0.39 is 5.60 Å². The van der Waals surface area contributed by atoms with Gasteiger partial charge < -0.3 is 5.11 Å². The van der Waals surface area contributed by atoms with Gasteiger partial charge in [0.25, 0.3) is 0 Å². The predicted octanol–water partition coefficient (Wildman–Crippen LogP) is 6.86. The lowest BCUT2D eigenvalue weighted by Gasteiger charge is -2.69. The first-order valence-corrected chi connectivity index (χ1v) is 13.4. The molecule has 4 unspecified atom stereocenters. The van der Waals surface area contributed by atoms with Crippen LogP contribution < -0.4 is 0 Å². The molecule has 32 heavy (non-hydrogen) atoms. The van der Waals surface area contributed by atoms with Gasteiger partial charge in [-0.15, -0.1) is 0 Å². The highest BCUT2D eigenvalue weighted by Gasteiger charge is 2.74. The van der Waals surface area contributed by atoms with Gasteiger partial charge in [-0.2, -0.15) is 0 Å². The fraction of sp³-hybridized carbons (Fsp3) is 0.862. The Labute approximate surface area is 195 Å². The predicted molar refractivity (Wildman–Crippen MR) is 129 cm³/mol. The first-order valence-electron chi connectivity index (χ1n) is 13.4. The van der Waals surface area contributed by atoms with E-state index >= 15 is 0 Å². The van der Waals surface area contributed by atoms with Crippen molar-refractivity contribution in [1.29, 1.82) is 0 Å². The minimum atomic E-state index is -0.442. The minimum Gasteiger partial charge on any atom is -0.393 e. The summed E-state index contributed by atoms with van der Waals surface area (Å²) < 4.78 is 0. The van der Waals surface area contributed by atoms with Crippen molar-refractivity contribution in [1.82, 2.24) is 0 Å². The molecule has 3 nitrogen and oxygen atoms in total. The monoisotopic (exact) mass is 442 g/mol. The van der Waals surface area contributed by atoms with Gasteiger partial charge in [-0.25, -0.2) is 9.78 Å². The third-order valence-electron chi connectivity index (χ3n) is 11.6. The molecule has 2 heterocycles. The van der Waals surface area contributed by atoms with Crippen LogP contribution in [0.3, 0.4) is 0 Å². The summed E-state index contributed by atoms with van der Waals surface area (Å²) in [6.45, 7) is 16.8. The summed E-state index contributed by atoms with van der Waals surface area (Å²) in [5, 5.41) is 10.4. The summed E-state index contributed by atoms with van der Waals surface area (Å²) in [6, 6.07) is 0. The van der Waals surface area contributed by atoms with E-state index in [4.69, 9.17) is 9.78 Å². The normalized spacial score (nSPS) is 51.8. The number of fused-ring (bicyclic) bond motifs is 2. The molecule has 0 aromatic carbocycles. The number of hydrogen-bond acceptors (Lipinski definition) is 3. The molecule has 2 aliphatic heterocycles. The summed E-state index contributed by atoms with van der Waals surface area (Å²) in [5.74, 6) is 3.62. The molecule has 4 fully saturated rings. The Morgan fingerprint density at radius 1 is 0.969 bits per heavy atom. The molecule has 0 radical (unpaired) electrons. The molecule has 0 aromatic rings. The Bertz CT molecular complexity index is 815. The van der Waals surface area contributed by atoms with Crippen molar-refractivity contribution < 1.29 is 14.9 Å². The van der Waals surface area contributed by atoms with Crippen LogP contribution in [-0.4, -0.2) is 22.4 Å². The van der Waals surface area contributed by atoms with Gasteiger partial charge in [-0.3, -0.25) is 0 Å². The Morgan fingerprint density at radius 2 is 1.72 bits per heavy atom. The van der Waals surface area contributed by atoms with Crippen LogP contribution in [0.5, 0.6) is 0 Å². The SMILES string of the molecule is CC(=C[C@@H](C)[C@H]1CC[C@H]2C34C=CC5(CC(O)CC[C@]5(C)[C@H]3CC[C@]12C)OO4)C(C)C(C)C. The second-order valence-corrected chi connectivity index (χ2v) is 13.2. The molecule has 3 heteroatoms. The van der Waals surface area contributed by atoms with Gasteiger partial charge in [-0.05, 0) is 80.6 Å². The summed E-state index contributed by atoms with van der Waals surface area (Å²) in [7, 11) is 0. The van der Waals surface area contributed by atoms with Crippen LogP contribution in [0, 0.1) is 46.3 Å². The van der Waals surface area contributed by atoms with Crippen molar-refractivity contribution in [2.75, 3.05) is 0 Å². The standard InChI is InChI=1S/C29H46O3/c1-18(2)21(5)19(3)16-20(4)23-8-9-24-26(23,6)12-11-25-27(7)13-10-22(30)17-28(27)14-15-29(24,25)32-31-28/h14-16,18,20-25,30H,8-13,17H2,1-7H3/t20-,21?,22?,23-,24-,25-,26-,27-,28?,29?/m1/s1. The fourth-order valence-corrected chi connectivity index (χ4v) is 9.21. The van der Waals surface area contributed by atoms with E-state index in [2.05, 4.69) is 66.7 Å². The lowest BCUT2D eigenvalue weighted by atomic mass is 9.43. The fourth-order valence-electron chi connectivity index (χ4n) is 9.21. The lowest BCUT2D eigenvalue weighted by molar-refractivity contribution is -0.497. The van der Waals surface area contributed by atoms with E-state index in [1.807, 2.05) is 0 Å². The van der Waals surface area contributed by atoms with Crippen molar-refractivity contribution in [3.8, 4) is 0 Å². The zero-order valence-electron chi connectivity index (χ0n) is 21.5. The molecule has 6 aliphatic rings. The van der Waals surface area contributed by atoms with Crippen LogP contribution >= 0.6 is 0 Å². The van der Waals surface area contributed by atoms with Crippen molar-refractivity contribution in [2.24, 2.45) is 46.3 Å². The van der Waals surface area contributed by atoms with Crippen LogP contribution in [0.25, 0.3) is 0 Å². The van der Waals surface area contributed by atoms with Gasteiger partial charge in [0.05, 0.1) is 6.10 Å². The highest BCUT2D eigenvalue weighted by molar-refractivity contribution is 5.33. The van der Waals surface area contributed by atoms with E-state index in [9.17, 15) is 5.11 Å². The third kappa shape index (κ3) is 2.89. The quantitative estimate of drug-likeness (QED) is 0.382. The maximum Gasteiger partial charge on any atom is 0.130 e. The smallest absolute Gasteiger partial charge is 0.130 e. The van der Waals surface area contributed by atoms with E-state index in [0.29, 0.717) is 41.9 Å². The summed E-state index contributed by atoms with van der Waals surface area (Å²) in [6.07, 6.45) is 14.6. The Balaban J connectivity index is 1.46. The largest absolute Gasteiger partial charge is 0.393 e. The first kappa shape index (κ1) is 23.1. The van der Waals surface area contributed by atoms with Crippen LogP contribution in [0.4, 0.5) is 0 Å². The van der Waals surface area contributed by atoms with Gasteiger partial charge in [0, 0.05) is 23.7 Å². The van der Waals surface area contributed by atoms with Gasteiger partial charge in [0.1, 0.15) is 11.2 Å². The van der Waals surface area contributed by atoms with Gasteiger partial charge >= 0.3 is 0 Å². The first-order chi connectivity index (χ1) is 15.0. The number of aliphatic hydroxyl groups is 1. The zero-order chi connectivity index (χ0) is 23.1. The van der Waals surface area contributed by atoms with E-state index in [1.54, 1.807) is 5.57 Å². The third-order valence-corrected chi connectivity index (χ3v) is 11.6. The molecular formula is C29H46O3. The topological polar surface area (TPSA) is 38.7 Å². The summed E-state index contributed by atoms with van der Waals surface area (Å²) >= 11 is 0. The second-order valence-electron chi connectivity index (χ2n) is 13.2. The van der Waals surface area contributed by atoms with Crippen molar-refractivity contribution in [3.05, 3.63) is 23.8 Å². The van der Waals surface area contributed by atoms with Gasteiger partial charge in [0.15, 0.2) is 0 Å². The average molecular weight is 443 g/mol. The van der Waals surface area contributed by atoms with Crippen molar-refractivity contribution in [3.63, 3.8) is 0 Å². The molecule has 2 bridgehead atoms. The Hall–Kier alpha value is -0.640. The summed E-state index contributed by atoms with van der Waals surface area (Å²) in [5.41, 5.74) is 1.17. The molecular weight excluding hydrogens is 396 g/mol. The van der Waals surface area contributed by atoms with Crippen molar-refractivity contribution in [2.45, 2.75) is 111 Å². The van der Waals surface area contributed by atoms with E-state index in [0.717, 1.165) is 12.8 Å².